The summed E-state index contributed by atoms with van der Waals surface area (Å²) in [5.74, 6) is -0.599. The molecule has 0 saturated carbocycles. The molecule has 0 aromatic heterocycles. The van der Waals surface area contributed by atoms with Gasteiger partial charge in [-0.15, -0.1) is 0 Å². The normalized spacial score (nSPS) is 13.2. The fourth-order valence-electron chi connectivity index (χ4n) is 2.67. The minimum absolute atomic E-state index is 0.0853. The monoisotopic (exact) mass is 453 g/mol. The van der Waals surface area contributed by atoms with Crippen molar-refractivity contribution in [2.75, 3.05) is 0 Å². The molecule has 0 saturated heterocycles. The fourth-order valence-corrected chi connectivity index (χ4v) is 5.33. The molecule has 0 heterocycles. The van der Waals surface area contributed by atoms with Gasteiger partial charge >= 0.3 is 0 Å². The summed E-state index contributed by atoms with van der Waals surface area (Å²) in [6.07, 6.45) is 0. The van der Waals surface area contributed by atoms with Crippen LogP contribution in [0.25, 0.3) is 0 Å². The molecule has 0 fully saturated rings. The van der Waals surface area contributed by atoms with E-state index in [4.69, 9.17) is 0 Å². The zero-order valence-electron chi connectivity index (χ0n) is 17.1. The summed E-state index contributed by atoms with van der Waals surface area (Å²) in [5, 5.41) is 2.67. The molecule has 30 heavy (non-hydrogen) atoms. The van der Waals surface area contributed by atoms with Crippen molar-refractivity contribution in [2.45, 2.75) is 50.0 Å². The average Bonchev–Trinajstić information content (AvgIpc) is 2.66. The number of amides is 1. The van der Waals surface area contributed by atoms with Crippen molar-refractivity contribution in [2.24, 2.45) is 0 Å². The molecule has 10 heteroatoms. The lowest BCUT2D eigenvalue weighted by Gasteiger charge is -2.15. The number of sulfonamides is 2. The highest BCUT2D eigenvalue weighted by atomic mass is 32.2. The van der Waals surface area contributed by atoms with Crippen LogP contribution in [0.15, 0.2) is 59.5 Å². The molecule has 3 N–H and O–H groups in total. The van der Waals surface area contributed by atoms with Gasteiger partial charge in [-0.05, 0) is 44.0 Å². The van der Waals surface area contributed by atoms with Crippen LogP contribution in [0.5, 0.6) is 0 Å². The first-order valence-corrected chi connectivity index (χ1v) is 12.5. The number of carbonyl (C=O) groups excluding carboxylic acids is 1. The number of rotatable bonds is 10. The Hall–Kier alpha value is -2.27. The number of nitrogens with one attached hydrogen (secondary N) is 3. The standard InChI is InChI=1S/C20H27N3O5S2/c1-15(2)22-29(25,26)14-18-11-9-17(10-12-18)13-21-20(24)16(3)23-30(27,28)19-7-5-4-6-8-19/h4-12,15-16,22-23H,13-14H2,1-3H3,(H,21,24)/t16-/m0/s1. The molecule has 0 aliphatic carbocycles. The molecule has 8 nitrogen and oxygen atoms in total. The summed E-state index contributed by atoms with van der Waals surface area (Å²) in [4.78, 5) is 12.3. The van der Waals surface area contributed by atoms with Crippen LogP contribution in [-0.4, -0.2) is 34.8 Å². The van der Waals surface area contributed by atoms with Gasteiger partial charge in [-0.2, -0.15) is 4.72 Å². The van der Waals surface area contributed by atoms with Crippen LogP contribution >= 0.6 is 0 Å². The highest BCUT2D eigenvalue weighted by Crippen LogP contribution is 2.10. The number of benzene rings is 2. The quantitative estimate of drug-likeness (QED) is 0.503. The van der Waals surface area contributed by atoms with Crippen LogP contribution in [-0.2, 0) is 37.1 Å². The summed E-state index contributed by atoms with van der Waals surface area (Å²) in [5.41, 5.74) is 1.39. The first kappa shape index (κ1) is 24.0. The van der Waals surface area contributed by atoms with Crippen molar-refractivity contribution in [3.63, 3.8) is 0 Å². The minimum Gasteiger partial charge on any atom is -0.351 e. The lowest BCUT2D eigenvalue weighted by Crippen LogP contribution is -2.44. The van der Waals surface area contributed by atoms with E-state index in [2.05, 4.69) is 14.8 Å². The van der Waals surface area contributed by atoms with Crippen molar-refractivity contribution in [3.05, 3.63) is 65.7 Å². The molecule has 0 bridgehead atoms. The Morgan fingerprint density at radius 1 is 0.833 bits per heavy atom. The van der Waals surface area contributed by atoms with E-state index in [0.29, 0.717) is 5.56 Å². The summed E-state index contributed by atoms with van der Waals surface area (Å²) in [6.45, 7) is 5.16. The summed E-state index contributed by atoms with van der Waals surface area (Å²) in [6, 6.07) is 13.5. The highest BCUT2D eigenvalue weighted by Gasteiger charge is 2.21. The second kappa shape index (κ2) is 10.2. The third-order valence-electron chi connectivity index (χ3n) is 4.04. The van der Waals surface area contributed by atoms with Gasteiger partial charge in [0.2, 0.25) is 26.0 Å². The molecule has 0 spiro atoms. The van der Waals surface area contributed by atoms with Crippen molar-refractivity contribution in [3.8, 4) is 0 Å². The first-order valence-electron chi connectivity index (χ1n) is 9.41. The largest absolute Gasteiger partial charge is 0.351 e. The van der Waals surface area contributed by atoms with Crippen LogP contribution in [0.2, 0.25) is 0 Å². The van der Waals surface area contributed by atoms with Gasteiger partial charge in [-0.3, -0.25) is 4.79 Å². The van der Waals surface area contributed by atoms with E-state index in [0.717, 1.165) is 5.56 Å². The van der Waals surface area contributed by atoms with Gasteiger partial charge in [0.05, 0.1) is 16.7 Å². The van der Waals surface area contributed by atoms with Gasteiger partial charge in [0.1, 0.15) is 0 Å². The molecule has 0 radical (unpaired) electrons. The van der Waals surface area contributed by atoms with E-state index in [1.54, 1.807) is 56.3 Å². The second-order valence-corrected chi connectivity index (χ2v) is 10.7. The molecule has 0 aliphatic heterocycles. The SMILES string of the molecule is CC(C)NS(=O)(=O)Cc1ccc(CNC(=O)[C@H](C)NS(=O)(=O)c2ccccc2)cc1. The Bertz CT molecular complexity index is 1050. The second-order valence-electron chi connectivity index (χ2n) is 7.22. The van der Waals surface area contributed by atoms with Gasteiger partial charge in [-0.25, -0.2) is 21.6 Å². The van der Waals surface area contributed by atoms with E-state index in [-0.39, 0.29) is 23.2 Å². The molecule has 0 unspecified atom stereocenters. The number of hydrogen-bond acceptors (Lipinski definition) is 5. The number of carbonyl (C=O) groups is 1. The van der Waals surface area contributed by atoms with Crippen LogP contribution in [0.1, 0.15) is 31.9 Å². The third kappa shape index (κ3) is 7.52. The maximum atomic E-state index is 12.3. The van der Waals surface area contributed by atoms with Crippen LogP contribution in [0.4, 0.5) is 0 Å². The minimum atomic E-state index is -3.79. The summed E-state index contributed by atoms with van der Waals surface area (Å²) >= 11 is 0. The van der Waals surface area contributed by atoms with Crippen molar-refractivity contribution < 1.29 is 21.6 Å². The highest BCUT2D eigenvalue weighted by molar-refractivity contribution is 7.89. The first-order chi connectivity index (χ1) is 14.0. The van der Waals surface area contributed by atoms with Crippen molar-refractivity contribution in [1.29, 1.82) is 0 Å². The van der Waals surface area contributed by atoms with Gasteiger partial charge in [-0.1, -0.05) is 42.5 Å². The Balaban J connectivity index is 1.90. The zero-order valence-corrected chi connectivity index (χ0v) is 18.8. The van der Waals surface area contributed by atoms with Crippen LogP contribution in [0, 0.1) is 0 Å². The predicted octanol–water partition coefficient (Wildman–Crippen LogP) is 1.50. The smallest absolute Gasteiger partial charge is 0.241 e. The Morgan fingerprint density at radius 2 is 1.40 bits per heavy atom. The number of hydrogen-bond donors (Lipinski definition) is 3. The van der Waals surface area contributed by atoms with Gasteiger partial charge in [0, 0.05) is 12.6 Å². The molecular formula is C20H27N3O5S2. The molecule has 2 rings (SSSR count). The Labute approximate surface area is 178 Å². The molecular weight excluding hydrogens is 426 g/mol. The topological polar surface area (TPSA) is 121 Å². The molecule has 164 valence electrons. The summed E-state index contributed by atoms with van der Waals surface area (Å²) in [7, 11) is -7.20. The zero-order chi connectivity index (χ0) is 22.4. The van der Waals surface area contributed by atoms with Crippen molar-refractivity contribution in [1.82, 2.24) is 14.8 Å². The van der Waals surface area contributed by atoms with Gasteiger partial charge in [0.25, 0.3) is 0 Å². The van der Waals surface area contributed by atoms with Gasteiger partial charge < -0.3 is 5.32 Å². The Morgan fingerprint density at radius 3 is 1.97 bits per heavy atom. The molecule has 2 aromatic carbocycles. The summed E-state index contributed by atoms with van der Waals surface area (Å²) < 4.78 is 53.4. The molecule has 1 amide bonds. The van der Waals surface area contributed by atoms with E-state index in [9.17, 15) is 21.6 Å². The maximum Gasteiger partial charge on any atom is 0.241 e. The lowest BCUT2D eigenvalue weighted by molar-refractivity contribution is -0.122. The predicted molar refractivity (Wildman–Crippen MR) is 115 cm³/mol. The van der Waals surface area contributed by atoms with Gasteiger partial charge in [0.15, 0.2) is 0 Å². The van der Waals surface area contributed by atoms with E-state index in [1.165, 1.54) is 19.1 Å². The Kier molecular flexibility index (Phi) is 8.13. The van der Waals surface area contributed by atoms with Crippen molar-refractivity contribution >= 4 is 26.0 Å². The van der Waals surface area contributed by atoms with E-state index in [1.807, 2.05) is 0 Å². The van der Waals surface area contributed by atoms with E-state index >= 15 is 0 Å². The lowest BCUT2D eigenvalue weighted by atomic mass is 10.1. The van der Waals surface area contributed by atoms with Crippen LogP contribution in [0.3, 0.4) is 0 Å². The molecule has 1 atom stereocenters. The molecule has 2 aromatic rings. The van der Waals surface area contributed by atoms with Crippen LogP contribution < -0.4 is 14.8 Å². The van der Waals surface area contributed by atoms with E-state index < -0.39 is 32.0 Å². The maximum absolute atomic E-state index is 12.3. The average molecular weight is 454 g/mol. The third-order valence-corrected chi connectivity index (χ3v) is 7.14. The molecule has 0 aliphatic rings. The fraction of sp³-hybridized carbons (Fsp3) is 0.350.